The van der Waals surface area contributed by atoms with Crippen LogP contribution in [-0.2, 0) is 28.7 Å². The number of carbonyl (C=O) groups is 1. The summed E-state index contributed by atoms with van der Waals surface area (Å²) in [5.41, 5.74) is -0.0749. The zero-order valence-electron chi connectivity index (χ0n) is 16.7. The van der Waals surface area contributed by atoms with E-state index in [1.165, 1.54) is 48.6 Å². The topological polar surface area (TPSA) is 107 Å². The highest BCUT2D eigenvalue weighted by Gasteiger charge is 2.19. The SMILES string of the molecule is CSc1cccc(NC(=O)CCS(=O)(=O)c2ccc3c(c2)n(C)c(=O)c(=O)n3C)c1. The van der Waals surface area contributed by atoms with E-state index < -0.39 is 26.9 Å². The van der Waals surface area contributed by atoms with Gasteiger partial charge in [0.1, 0.15) is 0 Å². The molecular formula is C20H21N3O5S2. The molecular weight excluding hydrogens is 426 g/mol. The predicted octanol–water partition coefficient (Wildman–Crippen LogP) is 1.76. The van der Waals surface area contributed by atoms with Gasteiger partial charge in [0.05, 0.1) is 21.7 Å². The number of nitrogens with zero attached hydrogens (tertiary/aromatic N) is 2. The van der Waals surface area contributed by atoms with E-state index in [4.69, 9.17) is 0 Å². The molecule has 1 aromatic heterocycles. The Morgan fingerprint density at radius 3 is 2.33 bits per heavy atom. The van der Waals surface area contributed by atoms with Crippen LogP contribution < -0.4 is 16.4 Å². The molecule has 0 unspecified atom stereocenters. The summed E-state index contributed by atoms with van der Waals surface area (Å²) in [5.74, 6) is -0.792. The third-order valence-corrected chi connectivity index (χ3v) is 7.21. The van der Waals surface area contributed by atoms with Crippen molar-refractivity contribution in [3.8, 4) is 0 Å². The number of nitrogens with one attached hydrogen (secondary N) is 1. The van der Waals surface area contributed by atoms with E-state index in [2.05, 4.69) is 5.32 Å². The lowest BCUT2D eigenvalue weighted by Gasteiger charge is -2.11. The fraction of sp³-hybridized carbons (Fsp3) is 0.250. The van der Waals surface area contributed by atoms with Crippen molar-refractivity contribution in [2.45, 2.75) is 16.2 Å². The number of anilines is 1. The fourth-order valence-corrected chi connectivity index (χ4v) is 4.74. The average molecular weight is 448 g/mol. The minimum absolute atomic E-state index is 0.0131. The molecule has 0 aliphatic heterocycles. The molecule has 1 N–H and O–H groups in total. The molecule has 0 saturated heterocycles. The van der Waals surface area contributed by atoms with Crippen molar-refractivity contribution < 1.29 is 13.2 Å². The number of sulfone groups is 1. The second kappa shape index (κ2) is 8.49. The molecule has 0 saturated carbocycles. The Morgan fingerprint density at radius 2 is 1.67 bits per heavy atom. The number of fused-ring (bicyclic) bond motifs is 1. The summed E-state index contributed by atoms with van der Waals surface area (Å²) in [7, 11) is -0.902. The Hall–Kier alpha value is -2.85. The molecule has 0 aliphatic rings. The number of hydrogen-bond donors (Lipinski definition) is 1. The van der Waals surface area contributed by atoms with Crippen LogP contribution in [0.1, 0.15) is 6.42 Å². The first-order valence-corrected chi connectivity index (χ1v) is 11.9. The number of hydrogen-bond acceptors (Lipinski definition) is 6. The van der Waals surface area contributed by atoms with Crippen molar-refractivity contribution in [2.24, 2.45) is 14.1 Å². The van der Waals surface area contributed by atoms with Gasteiger partial charge in [0.25, 0.3) is 0 Å². The minimum atomic E-state index is -3.77. The first kappa shape index (κ1) is 21.8. The summed E-state index contributed by atoms with van der Waals surface area (Å²) in [6.45, 7) is 0. The highest BCUT2D eigenvalue weighted by Crippen LogP contribution is 2.20. The predicted molar refractivity (Wildman–Crippen MR) is 118 cm³/mol. The Kier molecular flexibility index (Phi) is 6.18. The van der Waals surface area contributed by atoms with Crippen LogP contribution in [0.4, 0.5) is 5.69 Å². The first-order valence-electron chi connectivity index (χ1n) is 9.00. The molecule has 0 bridgehead atoms. The van der Waals surface area contributed by atoms with E-state index >= 15 is 0 Å². The smallest absolute Gasteiger partial charge is 0.316 e. The van der Waals surface area contributed by atoms with Crippen molar-refractivity contribution >= 4 is 44.2 Å². The van der Waals surface area contributed by atoms with Crippen molar-refractivity contribution in [3.05, 3.63) is 63.2 Å². The van der Waals surface area contributed by atoms with E-state index in [1.54, 1.807) is 6.07 Å². The Balaban J connectivity index is 1.81. The van der Waals surface area contributed by atoms with Gasteiger partial charge in [-0.3, -0.25) is 14.4 Å². The Labute approximate surface area is 177 Å². The van der Waals surface area contributed by atoms with Crippen molar-refractivity contribution in [2.75, 3.05) is 17.3 Å². The van der Waals surface area contributed by atoms with Gasteiger partial charge in [0, 0.05) is 31.1 Å². The Bertz CT molecular complexity index is 1360. The van der Waals surface area contributed by atoms with Crippen molar-refractivity contribution in [1.29, 1.82) is 0 Å². The van der Waals surface area contributed by atoms with Gasteiger partial charge in [-0.1, -0.05) is 6.07 Å². The Morgan fingerprint density at radius 1 is 1.00 bits per heavy atom. The zero-order valence-corrected chi connectivity index (χ0v) is 18.3. The van der Waals surface area contributed by atoms with Crippen LogP contribution >= 0.6 is 11.8 Å². The third-order valence-electron chi connectivity index (χ3n) is 4.77. The highest BCUT2D eigenvalue weighted by atomic mass is 32.2. The quantitative estimate of drug-likeness (QED) is 0.456. The van der Waals surface area contributed by atoms with Crippen LogP contribution in [0, 0.1) is 0 Å². The molecule has 10 heteroatoms. The van der Waals surface area contributed by atoms with Crippen LogP contribution in [0.3, 0.4) is 0 Å². The molecule has 0 radical (unpaired) electrons. The largest absolute Gasteiger partial charge is 0.326 e. The summed E-state index contributed by atoms with van der Waals surface area (Å²) in [6, 6.07) is 11.5. The fourth-order valence-electron chi connectivity index (χ4n) is 3.02. The van der Waals surface area contributed by atoms with E-state index in [-0.39, 0.29) is 17.1 Å². The monoisotopic (exact) mass is 447 g/mol. The summed E-state index contributed by atoms with van der Waals surface area (Å²) >= 11 is 1.54. The second-order valence-corrected chi connectivity index (χ2v) is 9.72. The molecule has 0 atom stereocenters. The number of thioether (sulfide) groups is 1. The summed E-state index contributed by atoms with van der Waals surface area (Å²) < 4.78 is 27.8. The van der Waals surface area contributed by atoms with Crippen LogP contribution in [0.25, 0.3) is 11.0 Å². The van der Waals surface area contributed by atoms with Crippen LogP contribution in [0.15, 0.2) is 61.8 Å². The van der Waals surface area contributed by atoms with Gasteiger partial charge in [0.15, 0.2) is 9.84 Å². The molecule has 1 heterocycles. The van der Waals surface area contributed by atoms with Gasteiger partial charge in [-0.2, -0.15) is 0 Å². The average Bonchev–Trinajstić information content (AvgIpc) is 2.74. The maximum absolute atomic E-state index is 12.7. The van der Waals surface area contributed by atoms with Gasteiger partial charge < -0.3 is 14.5 Å². The zero-order chi connectivity index (χ0) is 22.1. The van der Waals surface area contributed by atoms with Crippen molar-refractivity contribution in [1.82, 2.24) is 9.13 Å². The van der Waals surface area contributed by atoms with E-state index in [0.717, 1.165) is 9.46 Å². The molecule has 3 rings (SSSR count). The molecule has 30 heavy (non-hydrogen) atoms. The lowest BCUT2D eigenvalue weighted by Crippen LogP contribution is -2.39. The second-order valence-electron chi connectivity index (χ2n) is 6.73. The van der Waals surface area contributed by atoms with Crippen LogP contribution in [0.2, 0.25) is 0 Å². The molecule has 1 amide bonds. The highest BCUT2D eigenvalue weighted by molar-refractivity contribution is 7.98. The van der Waals surface area contributed by atoms with Gasteiger partial charge in [-0.05, 0) is 42.7 Å². The standard InChI is InChI=1S/C20H21N3O5S2/c1-22-16-8-7-15(12-17(16)23(2)20(26)19(22)25)30(27,28)10-9-18(24)21-13-5-4-6-14(11-13)29-3/h4-8,11-12H,9-10H2,1-3H3,(H,21,24). The minimum Gasteiger partial charge on any atom is -0.326 e. The summed E-state index contributed by atoms with van der Waals surface area (Å²) in [5, 5.41) is 2.70. The van der Waals surface area contributed by atoms with E-state index in [0.29, 0.717) is 16.7 Å². The molecule has 0 fully saturated rings. The number of amides is 1. The molecule has 158 valence electrons. The number of carbonyl (C=O) groups excluding carboxylic acids is 1. The van der Waals surface area contributed by atoms with Gasteiger partial charge in [-0.15, -0.1) is 11.8 Å². The molecule has 8 nitrogen and oxygen atoms in total. The van der Waals surface area contributed by atoms with Gasteiger partial charge in [-0.25, -0.2) is 8.42 Å². The number of rotatable bonds is 6. The van der Waals surface area contributed by atoms with Crippen LogP contribution in [-0.4, -0.2) is 35.5 Å². The molecule has 0 aliphatic carbocycles. The first-order chi connectivity index (χ1) is 14.1. The number of aromatic nitrogens is 2. The number of benzene rings is 2. The lowest BCUT2D eigenvalue weighted by atomic mass is 10.3. The third kappa shape index (κ3) is 4.34. The van der Waals surface area contributed by atoms with Crippen LogP contribution in [0.5, 0.6) is 0 Å². The normalized spacial score (nSPS) is 11.6. The molecule has 3 aromatic rings. The lowest BCUT2D eigenvalue weighted by molar-refractivity contribution is -0.115. The maximum atomic E-state index is 12.7. The summed E-state index contributed by atoms with van der Waals surface area (Å²) in [6.07, 6.45) is 1.71. The van der Waals surface area contributed by atoms with Gasteiger partial charge in [0.2, 0.25) is 5.91 Å². The number of aryl methyl sites for hydroxylation is 2. The van der Waals surface area contributed by atoms with E-state index in [1.807, 2.05) is 24.5 Å². The van der Waals surface area contributed by atoms with E-state index in [9.17, 15) is 22.8 Å². The van der Waals surface area contributed by atoms with Crippen molar-refractivity contribution in [3.63, 3.8) is 0 Å². The maximum Gasteiger partial charge on any atom is 0.316 e. The molecule has 0 spiro atoms. The van der Waals surface area contributed by atoms with Gasteiger partial charge >= 0.3 is 11.1 Å². The molecule has 2 aromatic carbocycles. The summed E-state index contributed by atoms with van der Waals surface area (Å²) in [4.78, 5) is 37.1.